The van der Waals surface area contributed by atoms with Crippen molar-refractivity contribution in [3.8, 4) is 11.3 Å². The highest BCUT2D eigenvalue weighted by atomic mass is 16.5. The first-order valence-corrected chi connectivity index (χ1v) is 9.69. The number of hydrogen-bond acceptors (Lipinski definition) is 6. The van der Waals surface area contributed by atoms with E-state index >= 15 is 0 Å². The van der Waals surface area contributed by atoms with Crippen LogP contribution in [-0.4, -0.2) is 36.2 Å². The van der Waals surface area contributed by atoms with Crippen molar-refractivity contribution >= 4 is 17.1 Å². The van der Waals surface area contributed by atoms with Gasteiger partial charge in [0.1, 0.15) is 6.61 Å². The molecular formula is C22H21N5O4. The number of ether oxygens (including phenoxy) is 1. The van der Waals surface area contributed by atoms with Gasteiger partial charge in [-0.1, -0.05) is 30.3 Å². The van der Waals surface area contributed by atoms with E-state index in [1.807, 2.05) is 30.3 Å². The van der Waals surface area contributed by atoms with Crippen molar-refractivity contribution in [1.29, 1.82) is 0 Å². The van der Waals surface area contributed by atoms with Crippen LogP contribution in [0.4, 0.5) is 0 Å². The lowest BCUT2D eigenvalue weighted by molar-refractivity contribution is 0.0491. The van der Waals surface area contributed by atoms with E-state index in [1.165, 1.54) is 17.9 Å². The average Bonchev–Trinajstić information content (AvgIpc) is 3.20. The van der Waals surface area contributed by atoms with Crippen molar-refractivity contribution < 1.29 is 9.53 Å². The Morgan fingerprint density at radius 1 is 1.03 bits per heavy atom. The van der Waals surface area contributed by atoms with Gasteiger partial charge in [-0.2, -0.15) is 0 Å². The third kappa shape index (κ3) is 3.65. The van der Waals surface area contributed by atoms with Crippen LogP contribution in [-0.2, 0) is 25.4 Å². The highest BCUT2D eigenvalue weighted by Crippen LogP contribution is 2.19. The van der Waals surface area contributed by atoms with Crippen LogP contribution < -0.4 is 11.2 Å². The maximum atomic E-state index is 12.5. The molecule has 0 unspecified atom stereocenters. The van der Waals surface area contributed by atoms with Gasteiger partial charge in [-0.05, 0) is 19.1 Å². The molecule has 0 fully saturated rings. The molecule has 0 saturated heterocycles. The number of imidazole rings is 1. The fraction of sp³-hybridized carbons (Fsp3) is 0.227. The summed E-state index contributed by atoms with van der Waals surface area (Å²) in [6.07, 6.45) is 1.46. The van der Waals surface area contributed by atoms with Crippen LogP contribution in [0.5, 0.6) is 0 Å². The molecule has 9 nitrogen and oxygen atoms in total. The monoisotopic (exact) mass is 419 g/mol. The van der Waals surface area contributed by atoms with Crippen LogP contribution in [0.2, 0.25) is 0 Å². The highest BCUT2D eigenvalue weighted by molar-refractivity contribution is 5.91. The van der Waals surface area contributed by atoms with Crippen molar-refractivity contribution in [3.05, 3.63) is 80.9 Å². The van der Waals surface area contributed by atoms with Gasteiger partial charge in [0, 0.05) is 19.7 Å². The molecule has 4 rings (SSSR count). The van der Waals surface area contributed by atoms with Crippen molar-refractivity contribution in [3.63, 3.8) is 0 Å². The molecular weight excluding hydrogens is 398 g/mol. The highest BCUT2D eigenvalue weighted by Gasteiger charge is 2.16. The molecule has 0 bridgehead atoms. The van der Waals surface area contributed by atoms with E-state index in [0.717, 1.165) is 15.8 Å². The molecule has 158 valence electrons. The second-order valence-electron chi connectivity index (χ2n) is 7.15. The Labute approximate surface area is 177 Å². The first-order chi connectivity index (χ1) is 14.9. The molecule has 1 aromatic carbocycles. The van der Waals surface area contributed by atoms with Gasteiger partial charge in [0.2, 0.25) is 0 Å². The van der Waals surface area contributed by atoms with Crippen LogP contribution in [0.15, 0.2) is 58.4 Å². The standard InChI is InChI=1S/C22H21N5O4/c1-14-16(9-10-17(24-14)15-7-5-4-6-8-15)21(29)31-12-11-27-13-23-19-18(27)20(28)26(3)22(30)25(19)2/h4-10,13H,11-12H2,1-3H3. The molecule has 0 atom stereocenters. The Balaban J connectivity index is 1.49. The predicted octanol–water partition coefficient (Wildman–Crippen LogP) is 1.66. The zero-order valence-electron chi connectivity index (χ0n) is 17.4. The number of hydrogen-bond donors (Lipinski definition) is 0. The second kappa shape index (κ2) is 8.02. The number of rotatable bonds is 5. The van der Waals surface area contributed by atoms with E-state index < -0.39 is 17.2 Å². The van der Waals surface area contributed by atoms with E-state index in [-0.39, 0.29) is 24.3 Å². The van der Waals surface area contributed by atoms with Gasteiger partial charge in [-0.15, -0.1) is 0 Å². The molecule has 3 aromatic heterocycles. The topological polar surface area (TPSA) is 101 Å². The molecule has 31 heavy (non-hydrogen) atoms. The molecule has 0 N–H and O–H groups in total. The summed E-state index contributed by atoms with van der Waals surface area (Å²) < 4.78 is 9.31. The average molecular weight is 419 g/mol. The van der Waals surface area contributed by atoms with Crippen LogP contribution in [0.3, 0.4) is 0 Å². The van der Waals surface area contributed by atoms with Gasteiger partial charge in [-0.3, -0.25) is 18.9 Å². The first-order valence-electron chi connectivity index (χ1n) is 9.69. The fourth-order valence-corrected chi connectivity index (χ4v) is 3.43. The molecule has 0 aliphatic carbocycles. The maximum Gasteiger partial charge on any atom is 0.340 e. The Morgan fingerprint density at radius 3 is 2.48 bits per heavy atom. The van der Waals surface area contributed by atoms with Gasteiger partial charge >= 0.3 is 11.7 Å². The molecule has 0 aliphatic heterocycles. The molecule has 0 radical (unpaired) electrons. The molecule has 0 saturated carbocycles. The molecule has 3 heterocycles. The molecule has 4 aromatic rings. The van der Waals surface area contributed by atoms with Crippen LogP contribution in [0.25, 0.3) is 22.4 Å². The Hall–Kier alpha value is -4.01. The number of carbonyl (C=O) groups excluding carboxylic acids is 1. The number of benzene rings is 1. The minimum Gasteiger partial charge on any atom is -0.460 e. The van der Waals surface area contributed by atoms with Crippen molar-refractivity contribution in [2.75, 3.05) is 6.61 Å². The van der Waals surface area contributed by atoms with E-state index in [9.17, 15) is 14.4 Å². The zero-order valence-corrected chi connectivity index (χ0v) is 17.4. The number of esters is 1. The van der Waals surface area contributed by atoms with Crippen molar-refractivity contribution in [2.24, 2.45) is 14.1 Å². The summed E-state index contributed by atoms with van der Waals surface area (Å²) in [5, 5.41) is 0. The van der Waals surface area contributed by atoms with Crippen LogP contribution in [0.1, 0.15) is 16.1 Å². The number of aryl methyl sites for hydroxylation is 2. The summed E-state index contributed by atoms with van der Waals surface area (Å²) in [7, 11) is 2.96. The normalized spacial score (nSPS) is 11.1. The summed E-state index contributed by atoms with van der Waals surface area (Å²) >= 11 is 0. The summed E-state index contributed by atoms with van der Waals surface area (Å²) in [4.78, 5) is 45.7. The molecule has 0 spiro atoms. The molecule has 9 heteroatoms. The Morgan fingerprint density at radius 2 is 1.77 bits per heavy atom. The van der Waals surface area contributed by atoms with Crippen molar-refractivity contribution in [1.82, 2.24) is 23.7 Å². The third-order valence-electron chi connectivity index (χ3n) is 5.16. The van der Waals surface area contributed by atoms with Gasteiger partial charge in [0.15, 0.2) is 11.2 Å². The zero-order chi connectivity index (χ0) is 22.1. The fourth-order valence-electron chi connectivity index (χ4n) is 3.43. The van der Waals surface area contributed by atoms with Gasteiger partial charge in [0.05, 0.1) is 29.8 Å². The lowest BCUT2D eigenvalue weighted by atomic mass is 10.1. The molecule has 0 aliphatic rings. The number of nitrogens with zero attached hydrogens (tertiary/aromatic N) is 5. The number of carbonyl (C=O) groups is 1. The summed E-state index contributed by atoms with van der Waals surface area (Å²) in [6, 6.07) is 13.2. The first kappa shape index (κ1) is 20.3. The smallest absolute Gasteiger partial charge is 0.340 e. The van der Waals surface area contributed by atoms with Crippen LogP contribution >= 0.6 is 0 Å². The quantitative estimate of drug-likeness (QED) is 0.456. The minimum atomic E-state index is -0.491. The number of fused-ring (bicyclic) bond motifs is 1. The lowest BCUT2D eigenvalue weighted by Gasteiger charge is -2.10. The van der Waals surface area contributed by atoms with E-state index in [0.29, 0.717) is 11.3 Å². The number of pyridine rings is 1. The summed E-state index contributed by atoms with van der Waals surface area (Å²) in [5.74, 6) is -0.491. The van der Waals surface area contributed by atoms with E-state index in [1.54, 1.807) is 30.7 Å². The van der Waals surface area contributed by atoms with E-state index in [4.69, 9.17) is 4.74 Å². The van der Waals surface area contributed by atoms with E-state index in [2.05, 4.69) is 9.97 Å². The Bertz CT molecular complexity index is 1400. The number of aromatic nitrogens is 5. The predicted molar refractivity (Wildman–Crippen MR) is 115 cm³/mol. The van der Waals surface area contributed by atoms with Gasteiger partial charge < -0.3 is 9.30 Å². The van der Waals surface area contributed by atoms with Gasteiger partial charge in [-0.25, -0.2) is 14.6 Å². The Kier molecular flexibility index (Phi) is 5.24. The largest absolute Gasteiger partial charge is 0.460 e. The second-order valence-corrected chi connectivity index (χ2v) is 7.15. The maximum absolute atomic E-state index is 12.5. The summed E-state index contributed by atoms with van der Waals surface area (Å²) in [5.41, 5.74) is 2.38. The van der Waals surface area contributed by atoms with Gasteiger partial charge in [0.25, 0.3) is 5.56 Å². The SMILES string of the molecule is Cc1nc(-c2ccccc2)ccc1C(=O)OCCn1cnc2c1c(=O)n(C)c(=O)n2C. The lowest BCUT2D eigenvalue weighted by Crippen LogP contribution is -2.37. The summed E-state index contributed by atoms with van der Waals surface area (Å²) in [6.45, 7) is 2.02. The van der Waals surface area contributed by atoms with Crippen molar-refractivity contribution in [2.45, 2.75) is 13.5 Å². The van der Waals surface area contributed by atoms with Crippen LogP contribution in [0, 0.1) is 6.92 Å². The minimum absolute atomic E-state index is 0.0379. The third-order valence-corrected chi connectivity index (χ3v) is 5.16. The molecule has 0 amide bonds.